The molecule has 0 aromatic carbocycles. The van der Waals surface area contributed by atoms with Crippen molar-refractivity contribution in [3.05, 3.63) is 23.9 Å². The molecule has 22 heavy (non-hydrogen) atoms. The smallest absolute Gasteiger partial charge is 0.257 e. The highest BCUT2D eigenvalue weighted by atomic mass is 16.2. The molecule has 1 saturated heterocycles. The van der Waals surface area contributed by atoms with Crippen molar-refractivity contribution in [2.24, 2.45) is 5.41 Å². The molecule has 2 heterocycles. The van der Waals surface area contributed by atoms with Crippen LogP contribution in [0.3, 0.4) is 0 Å². The van der Waals surface area contributed by atoms with Crippen LogP contribution in [0.5, 0.6) is 0 Å². The lowest BCUT2D eigenvalue weighted by molar-refractivity contribution is 0.0592. The zero-order valence-corrected chi connectivity index (χ0v) is 14.5. The van der Waals surface area contributed by atoms with Crippen molar-refractivity contribution in [2.45, 2.75) is 20.8 Å². The van der Waals surface area contributed by atoms with E-state index in [-0.39, 0.29) is 5.91 Å². The molecular weight excluding hydrogens is 276 g/mol. The van der Waals surface area contributed by atoms with E-state index >= 15 is 0 Å². The van der Waals surface area contributed by atoms with Crippen molar-refractivity contribution in [1.29, 1.82) is 0 Å². The molecule has 1 aliphatic heterocycles. The van der Waals surface area contributed by atoms with Gasteiger partial charge in [-0.1, -0.05) is 20.8 Å². The van der Waals surface area contributed by atoms with Crippen LogP contribution < -0.4 is 4.90 Å². The second-order valence-corrected chi connectivity index (χ2v) is 7.40. The van der Waals surface area contributed by atoms with Crippen LogP contribution in [0.4, 0.5) is 5.82 Å². The van der Waals surface area contributed by atoms with E-state index in [0.29, 0.717) is 11.0 Å². The monoisotopic (exact) mass is 304 g/mol. The first-order chi connectivity index (χ1) is 10.3. The van der Waals surface area contributed by atoms with Crippen molar-refractivity contribution in [1.82, 2.24) is 14.8 Å². The lowest BCUT2D eigenvalue weighted by Crippen LogP contribution is -2.50. The number of carbonyl (C=O) groups excluding carboxylic acids is 1. The van der Waals surface area contributed by atoms with E-state index in [0.717, 1.165) is 38.5 Å². The average Bonchev–Trinajstić information content (AvgIpc) is 2.45. The Bertz CT molecular complexity index is 514. The van der Waals surface area contributed by atoms with Crippen LogP contribution in [-0.2, 0) is 0 Å². The molecule has 1 aromatic rings. The fourth-order valence-corrected chi connectivity index (χ4v) is 2.87. The molecule has 1 amide bonds. The van der Waals surface area contributed by atoms with E-state index in [1.165, 1.54) is 0 Å². The predicted octanol–water partition coefficient (Wildman–Crippen LogP) is 1.95. The van der Waals surface area contributed by atoms with E-state index < -0.39 is 0 Å². The molecule has 1 fully saturated rings. The Morgan fingerprint density at radius 2 is 1.86 bits per heavy atom. The highest BCUT2D eigenvalue weighted by Gasteiger charge is 2.26. The number of nitrogens with zero attached hydrogens (tertiary/aromatic N) is 4. The van der Waals surface area contributed by atoms with E-state index in [1.54, 1.807) is 6.20 Å². The molecule has 5 heteroatoms. The number of anilines is 1. The van der Waals surface area contributed by atoms with Crippen LogP contribution in [0, 0.1) is 5.41 Å². The summed E-state index contributed by atoms with van der Waals surface area (Å²) >= 11 is 0. The summed E-state index contributed by atoms with van der Waals surface area (Å²) in [4.78, 5) is 23.4. The van der Waals surface area contributed by atoms with Gasteiger partial charge >= 0.3 is 0 Å². The third kappa shape index (κ3) is 4.19. The Morgan fingerprint density at radius 3 is 2.41 bits per heavy atom. The Balaban J connectivity index is 2.01. The summed E-state index contributed by atoms with van der Waals surface area (Å²) in [5.41, 5.74) is 0.991. The van der Waals surface area contributed by atoms with Gasteiger partial charge in [0.25, 0.3) is 5.91 Å². The van der Waals surface area contributed by atoms with Gasteiger partial charge in [0, 0.05) is 53.0 Å². The van der Waals surface area contributed by atoms with Crippen molar-refractivity contribution >= 4 is 11.7 Å². The molecule has 0 aliphatic carbocycles. The van der Waals surface area contributed by atoms with Crippen LogP contribution in [0.25, 0.3) is 0 Å². The molecule has 0 unspecified atom stereocenters. The molecule has 1 aliphatic rings. The second kappa shape index (κ2) is 6.65. The SMILES string of the molecule is CN(C)c1ncccc1C(=O)N1CCN(CC(C)(C)C)CC1. The van der Waals surface area contributed by atoms with Crippen LogP contribution in [0.1, 0.15) is 31.1 Å². The average molecular weight is 304 g/mol. The van der Waals surface area contributed by atoms with Crippen molar-refractivity contribution in [3.63, 3.8) is 0 Å². The van der Waals surface area contributed by atoms with Crippen molar-refractivity contribution < 1.29 is 4.79 Å². The molecule has 1 aromatic heterocycles. The van der Waals surface area contributed by atoms with E-state index in [1.807, 2.05) is 36.0 Å². The maximum Gasteiger partial charge on any atom is 0.257 e. The van der Waals surface area contributed by atoms with E-state index in [4.69, 9.17) is 0 Å². The minimum absolute atomic E-state index is 0.0900. The number of rotatable bonds is 3. The summed E-state index contributed by atoms with van der Waals surface area (Å²) in [6.07, 6.45) is 1.73. The van der Waals surface area contributed by atoms with Gasteiger partial charge in [0.2, 0.25) is 0 Å². The summed E-state index contributed by atoms with van der Waals surface area (Å²) in [5.74, 6) is 0.830. The molecule has 0 saturated carbocycles. The normalized spacial score (nSPS) is 16.7. The van der Waals surface area contributed by atoms with Gasteiger partial charge in [-0.15, -0.1) is 0 Å². The van der Waals surface area contributed by atoms with Crippen molar-refractivity contribution in [3.8, 4) is 0 Å². The third-order valence-corrected chi connectivity index (χ3v) is 3.80. The molecule has 0 atom stereocenters. The van der Waals surface area contributed by atoms with Gasteiger partial charge in [-0.05, 0) is 17.5 Å². The summed E-state index contributed by atoms with van der Waals surface area (Å²) in [5, 5.41) is 0. The van der Waals surface area contributed by atoms with Gasteiger partial charge < -0.3 is 9.80 Å². The van der Waals surface area contributed by atoms with Crippen LogP contribution in [0.2, 0.25) is 0 Å². The van der Waals surface area contributed by atoms with Gasteiger partial charge in [0.15, 0.2) is 0 Å². The number of aromatic nitrogens is 1. The number of hydrogen-bond donors (Lipinski definition) is 0. The van der Waals surface area contributed by atoms with Gasteiger partial charge in [0.05, 0.1) is 5.56 Å². The van der Waals surface area contributed by atoms with E-state index in [9.17, 15) is 4.79 Å². The van der Waals surface area contributed by atoms with Crippen LogP contribution >= 0.6 is 0 Å². The second-order valence-electron chi connectivity index (χ2n) is 7.40. The van der Waals surface area contributed by atoms with Gasteiger partial charge in [-0.3, -0.25) is 9.69 Å². The van der Waals surface area contributed by atoms with Crippen LogP contribution in [-0.4, -0.2) is 67.5 Å². The number of pyridine rings is 1. The molecule has 122 valence electrons. The highest BCUT2D eigenvalue weighted by Crippen LogP contribution is 2.20. The summed E-state index contributed by atoms with van der Waals surface area (Å²) in [6, 6.07) is 3.70. The number of carbonyl (C=O) groups is 1. The molecule has 0 radical (unpaired) electrons. The first-order valence-corrected chi connectivity index (χ1v) is 7.92. The lowest BCUT2D eigenvalue weighted by atomic mass is 9.96. The van der Waals surface area contributed by atoms with Gasteiger partial charge in [-0.25, -0.2) is 4.98 Å². The molecule has 0 spiro atoms. The number of piperazine rings is 1. The Hall–Kier alpha value is -1.62. The first-order valence-electron chi connectivity index (χ1n) is 7.92. The molecule has 5 nitrogen and oxygen atoms in total. The third-order valence-electron chi connectivity index (χ3n) is 3.80. The zero-order valence-electron chi connectivity index (χ0n) is 14.5. The Labute approximate surface area is 133 Å². The molecular formula is C17H28N4O. The van der Waals surface area contributed by atoms with Gasteiger partial charge in [-0.2, -0.15) is 0 Å². The largest absolute Gasteiger partial charge is 0.362 e. The fourth-order valence-electron chi connectivity index (χ4n) is 2.87. The summed E-state index contributed by atoms with van der Waals surface area (Å²) in [7, 11) is 3.83. The number of amides is 1. The predicted molar refractivity (Wildman–Crippen MR) is 90.4 cm³/mol. The highest BCUT2D eigenvalue weighted by molar-refractivity contribution is 5.98. The fraction of sp³-hybridized carbons (Fsp3) is 0.647. The first kappa shape index (κ1) is 16.7. The summed E-state index contributed by atoms with van der Waals surface area (Å²) < 4.78 is 0. The molecule has 0 N–H and O–H groups in total. The Kier molecular flexibility index (Phi) is 5.06. The summed E-state index contributed by atoms with van der Waals surface area (Å²) in [6.45, 7) is 11.3. The maximum absolute atomic E-state index is 12.8. The molecule has 2 rings (SSSR count). The van der Waals surface area contributed by atoms with E-state index in [2.05, 4.69) is 30.7 Å². The topological polar surface area (TPSA) is 39.7 Å². The molecule has 0 bridgehead atoms. The van der Waals surface area contributed by atoms with Gasteiger partial charge in [0.1, 0.15) is 5.82 Å². The minimum Gasteiger partial charge on any atom is -0.362 e. The zero-order chi connectivity index (χ0) is 16.3. The number of hydrogen-bond acceptors (Lipinski definition) is 4. The quantitative estimate of drug-likeness (QED) is 0.856. The Morgan fingerprint density at radius 1 is 1.23 bits per heavy atom. The standard InChI is InChI=1S/C17H28N4O/c1-17(2,3)13-20-9-11-21(12-10-20)16(22)14-7-6-8-18-15(14)19(4)5/h6-8H,9-13H2,1-5H3. The van der Waals surface area contributed by atoms with Crippen molar-refractivity contribution in [2.75, 3.05) is 51.7 Å². The van der Waals surface area contributed by atoms with Crippen LogP contribution in [0.15, 0.2) is 18.3 Å². The lowest BCUT2D eigenvalue weighted by Gasteiger charge is -2.38. The maximum atomic E-state index is 12.8. The minimum atomic E-state index is 0.0900.